The molecule has 1 heterocycles. The number of halogens is 2. The van der Waals surface area contributed by atoms with Gasteiger partial charge in [0, 0.05) is 16.7 Å². The van der Waals surface area contributed by atoms with E-state index in [1.165, 1.54) is 0 Å². The molecule has 1 aliphatic heterocycles. The Hall–Kier alpha value is -0.0900. The first kappa shape index (κ1) is 16.3. The molecule has 1 aromatic carbocycles. The number of aliphatic hydroxyl groups excluding tert-OH is 1. The summed E-state index contributed by atoms with van der Waals surface area (Å²) in [6.07, 6.45) is 1.30. The predicted molar refractivity (Wildman–Crippen MR) is 93.8 cm³/mol. The molecule has 1 aliphatic rings. The van der Waals surface area contributed by atoms with E-state index in [-0.39, 0.29) is 23.7 Å². The zero-order valence-electron chi connectivity index (χ0n) is 11.1. The van der Waals surface area contributed by atoms with Gasteiger partial charge in [-0.3, -0.25) is 4.79 Å². The number of rotatable bonds is 2. The molecule has 1 fully saturated rings. The largest absolute Gasteiger partial charge is 0.506 e. The van der Waals surface area contributed by atoms with Gasteiger partial charge < -0.3 is 15.1 Å². The second-order valence-corrected chi connectivity index (χ2v) is 7.56. The number of amides is 1. The fourth-order valence-corrected chi connectivity index (χ4v) is 4.33. The first-order chi connectivity index (χ1) is 9.40. The molecule has 1 saturated heterocycles. The number of piperidine rings is 1. The summed E-state index contributed by atoms with van der Waals surface area (Å²) in [7, 11) is 0. The van der Waals surface area contributed by atoms with Crippen molar-refractivity contribution < 1.29 is 15.0 Å². The topological polar surface area (TPSA) is 60.8 Å². The highest BCUT2D eigenvalue weighted by Crippen LogP contribution is 2.29. The molecule has 0 radical (unpaired) electrons. The average molecular weight is 501 g/mol. The van der Waals surface area contributed by atoms with Crippen molar-refractivity contribution in [2.75, 3.05) is 13.1 Å². The maximum absolute atomic E-state index is 12.5. The van der Waals surface area contributed by atoms with E-state index in [4.69, 9.17) is 0 Å². The smallest absolute Gasteiger partial charge is 0.257 e. The number of phenolic OH excluding ortho intramolecular Hbond substituents is 1. The Labute approximate surface area is 145 Å². The van der Waals surface area contributed by atoms with E-state index in [1.54, 1.807) is 17.9 Å². The third-order valence-electron chi connectivity index (χ3n) is 3.77. The Bertz CT molecular complexity index is 511. The van der Waals surface area contributed by atoms with E-state index in [0.29, 0.717) is 22.2 Å². The summed E-state index contributed by atoms with van der Waals surface area (Å²) in [4.78, 5) is 14.3. The Morgan fingerprint density at radius 2 is 1.95 bits per heavy atom. The second kappa shape index (κ2) is 6.78. The average Bonchev–Trinajstić information content (AvgIpc) is 2.42. The number of hydrogen-bond donors (Lipinski definition) is 2. The number of aliphatic hydroxyl groups is 1. The molecule has 2 rings (SSSR count). The Morgan fingerprint density at radius 3 is 2.50 bits per heavy atom. The van der Waals surface area contributed by atoms with Gasteiger partial charge >= 0.3 is 0 Å². The van der Waals surface area contributed by atoms with Gasteiger partial charge in [-0.1, -0.05) is 0 Å². The molecule has 2 N–H and O–H groups in total. The van der Waals surface area contributed by atoms with Crippen molar-refractivity contribution in [2.45, 2.75) is 25.9 Å². The maximum Gasteiger partial charge on any atom is 0.257 e. The van der Waals surface area contributed by atoms with Crippen molar-refractivity contribution in [1.82, 2.24) is 4.90 Å². The summed E-state index contributed by atoms with van der Waals surface area (Å²) in [6, 6.07) is 3.56. The van der Waals surface area contributed by atoms with Crippen molar-refractivity contribution in [2.24, 2.45) is 5.92 Å². The molecular formula is C14H17I2NO3. The monoisotopic (exact) mass is 501 g/mol. The highest BCUT2D eigenvalue weighted by Gasteiger charge is 2.27. The SMILES string of the molecule is CC(O)C1CCN(C(=O)c2cc(I)cc(I)c2O)CC1. The highest BCUT2D eigenvalue weighted by molar-refractivity contribution is 14.1. The molecular weight excluding hydrogens is 484 g/mol. The molecule has 20 heavy (non-hydrogen) atoms. The Balaban J connectivity index is 2.13. The fourth-order valence-electron chi connectivity index (χ4n) is 2.48. The van der Waals surface area contributed by atoms with Crippen LogP contribution in [-0.2, 0) is 0 Å². The Morgan fingerprint density at radius 1 is 1.35 bits per heavy atom. The van der Waals surface area contributed by atoms with Crippen LogP contribution in [-0.4, -0.2) is 40.2 Å². The van der Waals surface area contributed by atoms with Gasteiger partial charge in [-0.15, -0.1) is 0 Å². The van der Waals surface area contributed by atoms with E-state index in [1.807, 2.05) is 28.7 Å². The normalized spacial score (nSPS) is 18.1. The Kier molecular flexibility index (Phi) is 5.52. The number of hydrogen-bond acceptors (Lipinski definition) is 3. The number of carbonyl (C=O) groups is 1. The molecule has 6 heteroatoms. The quantitative estimate of drug-likeness (QED) is 0.614. The molecule has 0 aromatic heterocycles. The van der Waals surface area contributed by atoms with Crippen LogP contribution in [0, 0.1) is 13.1 Å². The first-order valence-electron chi connectivity index (χ1n) is 6.55. The number of likely N-dealkylation sites (tertiary alicyclic amines) is 1. The third kappa shape index (κ3) is 3.56. The van der Waals surface area contributed by atoms with Crippen LogP contribution in [0.3, 0.4) is 0 Å². The number of nitrogens with zero attached hydrogens (tertiary/aromatic N) is 1. The predicted octanol–water partition coefficient (Wildman–Crippen LogP) is 2.83. The van der Waals surface area contributed by atoms with Crippen LogP contribution in [0.5, 0.6) is 5.75 Å². The zero-order valence-corrected chi connectivity index (χ0v) is 15.5. The van der Waals surface area contributed by atoms with Crippen LogP contribution < -0.4 is 0 Å². The molecule has 1 aromatic rings. The number of carbonyl (C=O) groups excluding carboxylic acids is 1. The molecule has 0 bridgehead atoms. The maximum atomic E-state index is 12.5. The molecule has 1 unspecified atom stereocenters. The lowest BCUT2D eigenvalue weighted by Gasteiger charge is -2.33. The summed E-state index contributed by atoms with van der Waals surface area (Å²) in [6.45, 7) is 3.07. The molecule has 1 atom stereocenters. The van der Waals surface area contributed by atoms with E-state index in [0.717, 1.165) is 16.4 Å². The van der Waals surface area contributed by atoms with Gasteiger partial charge in [-0.05, 0) is 83.0 Å². The third-order valence-corrected chi connectivity index (χ3v) is 5.21. The zero-order chi connectivity index (χ0) is 14.9. The van der Waals surface area contributed by atoms with Crippen LogP contribution in [0.1, 0.15) is 30.1 Å². The van der Waals surface area contributed by atoms with Crippen molar-refractivity contribution in [1.29, 1.82) is 0 Å². The standard InChI is InChI=1S/C14H17I2NO3/c1-8(18)9-2-4-17(5-3-9)14(20)11-6-10(15)7-12(16)13(11)19/h6-9,18-19H,2-5H2,1H3. The molecule has 0 aliphatic carbocycles. The van der Waals surface area contributed by atoms with Gasteiger partial charge in [-0.25, -0.2) is 0 Å². The molecule has 1 amide bonds. The number of benzene rings is 1. The molecule has 110 valence electrons. The van der Waals surface area contributed by atoms with Crippen molar-refractivity contribution in [3.8, 4) is 5.75 Å². The van der Waals surface area contributed by atoms with Crippen molar-refractivity contribution >= 4 is 51.1 Å². The van der Waals surface area contributed by atoms with Crippen LogP contribution >= 0.6 is 45.2 Å². The lowest BCUT2D eigenvalue weighted by molar-refractivity contribution is 0.0519. The lowest BCUT2D eigenvalue weighted by Crippen LogP contribution is -2.40. The minimum Gasteiger partial charge on any atom is -0.506 e. The van der Waals surface area contributed by atoms with Crippen LogP contribution in [0.15, 0.2) is 12.1 Å². The molecule has 4 nitrogen and oxygen atoms in total. The summed E-state index contributed by atoms with van der Waals surface area (Å²) >= 11 is 4.18. The van der Waals surface area contributed by atoms with Crippen molar-refractivity contribution in [3.05, 3.63) is 24.8 Å². The number of aromatic hydroxyl groups is 1. The van der Waals surface area contributed by atoms with Crippen molar-refractivity contribution in [3.63, 3.8) is 0 Å². The molecule has 0 spiro atoms. The summed E-state index contributed by atoms with van der Waals surface area (Å²) in [5, 5.41) is 19.7. The highest BCUT2D eigenvalue weighted by atomic mass is 127. The van der Waals surface area contributed by atoms with E-state index in [9.17, 15) is 15.0 Å². The van der Waals surface area contributed by atoms with Gasteiger partial charge in [0.2, 0.25) is 0 Å². The fraction of sp³-hybridized carbons (Fsp3) is 0.500. The van der Waals surface area contributed by atoms with Gasteiger partial charge in [-0.2, -0.15) is 0 Å². The summed E-state index contributed by atoms with van der Waals surface area (Å²) in [5.74, 6) is 0.209. The van der Waals surface area contributed by atoms with Crippen LogP contribution in [0.25, 0.3) is 0 Å². The van der Waals surface area contributed by atoms with E-state index >= 15 is 0 Å². The van der Waals surface area contributed by atoms with Gasteiger partial charge in [0.15, 0.2) is 0 Å². The minimum atomic E-state index is -0.320. The summed E-state index contributed by atoms with van der Waals surface area (Å²) in [5.41, 5.74) is 0.372. The van der Waals surface area contributed by atoms with E-state index < -0.39 is 0 Å². The van der Waals surface area contributed by atoms with Gasteiger partial charge in [0.25, 0.3) is 5.91 Å². The van der Waals surface area contributed by atoms with Crippen LogP contribution in [0.4, 0.5) is 0 Å². The number of phenols is 1. The van der Waals surface area contributed by atoms with E-state index in [2.05, 4.69) is 22.6 Å². The summed E-state index contributed by atoms with van der Waals surface area (Å²) < 4.78 is 1.63. The van der Waals surface area contributed by atoms with Crippen LogP contribution in [0.2, 0.25) is 0 Å². The van der Waals surface area contributed by atoms with Gasteiger partial charge in [0.1, 0.15) is 5.75 Å². The first-order valence-corrected chi connectivity index (χ1v) is 8.71. The lowest BCUT2D eigenvalue weighted by atomic mass is 9.92. The second-order valence-electron chi connectivity index (χ2n) is 5.15. The minimum absolute atomic E-state index is 0.0636. The van der Waals surface area contributed by atoms with Gasteiger partial charge in [0.05, 0.1) is 15.2 Å². The molecule has 0 saturated carbocycles.